The fourth-order valence-electron chi connectivity index (χ4n) is 1.61. The van der Waals surface area contributed by atoms with Crippen molar-refractivity contribution in [2.24, 2.45) is 0 Å². The summed E-state index contributed by atoms with van der Waals surface area (Å²) in [4.78, 5) is 26.8. The van der Waals surface area contributed by atoms with E-state index in [1.807, 2.05) is 13.0 Å². The van der Waals surface area contributed by atoms with E-state index >= 15 is 0 Å². The molecule has 0 fully saturated rings. The molecule has 0 radical (unpaired) electrons. The third-order valence-corrected chi connectivity index (χ3v) is 2.69. The first-order valence-electron chi connectivity index (χ1n) is 5.81. The van der Waals surface area contributed by atoms with Crippen LogP contribution < -0.4 is 5.56 Å². The van der Waals surface area contributed by atoms with Crippen LogP contribution in [0.5, 0.6) is 0 Å². The van der Waals surface area contributed by atoms with Crippen LogP contribution in [0.1, 0.15) is 18.2 Å². The maximum absolute atomic E-state index is 11.9. The van der Waals surface area contributed by atoms with Crippen molar-refractivity contribution in [1.29, 1.82) is 0 Å². The maximum atomic E-state index is 11.9. The van der Waals surface area contributed by atoms with Gasteiger partial charge in [-0.25, -0.2) is 9.78 Å². The van der Waals surface area contributed by atoms with Gasteiger partial charge in [-0.2, -0.15) is 0 Å². The highest BCUT2D eigenvalue weighted by atomic mass is 16.5. The summed E-state index contributed by atoms with van der Waals surface area (Å²) in [6, 6.07) is 4.94. The van der Waals surface area contributed by atoms with Crippen molar-refractivity contribution in [2.45, 2.75) is 26.6 Å². The second-order valence-electron chi connectivity index (χ2n) is 4.31. The van der Waals surface area contributed by atoms with Crippen molar-refractivity contribution in [3.05, 3.63) is 46.0 Å². The number of carboxylic acids is 1. The van der Waals surface area contributed by atoms with Gasteiger partial charge in [-0.3, -0.25) is 9.20 Å². The van der Waals surface area contributed by atoms with Gasteiger partial charge < -0.3 is 9.84 Å². The number of aromatic nitrogens is 2. The summed E-state index contributed by atoms with van der Waals surface area (Å²) < 4.78 is 6.55. The molecule has 2 aromatic heterocycles. The molecule has 0 unspecified atom stereocenters. The van der Waals surface area contributed by atoms with Crippen molar-refractivity contribution in [3.8, 4) is 0 Å². The Hall–Kier alpha value is -2.21. The lowest BCUT2D eigenvalue weighted by Crippen LogP contribution is -2.21. The number of hydrogen-bond acceptors (Lipinski definition) is 4. The Morgan fingerprint density at radius 1 is 1.53 bits per heavy atom. The molecule has 0 amide bonds. The Labute approximate surface area is 109 Å². The van der Waals surface area contributed by atoms with Crippen molar-refractivity contribution >= 4 is 11.6 Å². The molecule has 1 atom stereocenters. The number of hydrogen-bond donors (Lipinski definition) is 1. The Morgan fingerprint density at radius 3 is 2.95 bits per heavy atom. The van der Waals surface area contributed by atoms with Crippen LogP contribution in [0.4, 0.5) is 0 Å². The van der Waals surface area contributed by atoms with Crippen molar-refractivity contribution < 1.29 is 14.6 Å². The van der Waals surface area contributed by atoms with E-state index in [1.165, 1.54) is 17.4 Å². The number of aryl methyl sites for hydroxylation is 1. The molecule has 1 N–H and O–H groups in total. The van der Waals surface area contributed by atoms with Gasteiger partial charge in [0.15, 0.2) is 6.10 Å². The number of aliphatic carboxylic acids is 1. The van der Waals surface area contributed by atoms with Crippen molar-refractivity contribution in [2.75, 3.05) is 0 Å². The van der Waals surface area contributed by atoms with Gasteiger partial charge in [0, 0.05) is 12.3 Å². The highest BCUT2D eigenvalue weighted by Crippen LogP contribution is 2.04. The molecule has 0 aliphatic rings. The van der Waals surface area contributed by atoms with E-state index in [2.05, 4.69) is 4.98 Å². The van der Waals surface area contributed by atoms with Gasteiger partial charge in [0.2, 0.25) is 0 Å². The molecule has 2 rings (SSSR count). The average molecular weight is 262 g/mol. The maximum Gasteiger partial charge on any atom is 0.332 e. The van der Waals surface area contributed by atoms with Crippen molar-refractivity contribution in [3.63, 3.8) is 0 Å². The predicted octanol–water partition coefficient (Wildman–Crippen LogP) is 0.993. The summed E-state index contributed by atoms with van der Waals surface area (Å²) in [7, 11) is 0. The molecule has 6 nitrogen and oxygen atoms in total. The minimum absolute atomic E-state index is 0.00686. The number of fused-ring (bicyclic) bond motifs is 1. The number of ether oxygens (including phenoxy) is 1. The first-order chi connectivity index (χ1) is 8.97. The van der Waals surface area contributed by atoms with E-state index in [4.69, 9.17) is 9.84 Å². The third kappa shape index (κ3) is 2.97. The minimum atomic E-state index is -1.05. The molecular formula is C13H14N2O4. The second kappa shape index (κ2) is 5.19. The van der Waals surface area contributed by atoms with E-state index in [9.17, 15) is 9.59 Å². The number of carbonyl (C=O) groups is 1. The fourth-order valence-corrected chi connectivity index (χ4v) is 1.61. The minimum Gasteiger partial charge on any atom is -0.479 e. The van der Waals surface area contributed by atoms with Crippen LogP contribution >= 0.6 is 0 Å². The van der Waals surface area contributed by atoms with E-state index < -0.39 is 12.1 Å². The summed E-state index contributed by atoms with van der Waals surface area (Å²) in [6.07, 6.45) is 0.771. The molecule has 0 saturated heterocycles. The summed E-state index contributed by atoms with van der Waals surface area (Å²) in [5.41, 5.74) is 1.68. The molecule has 0 bridgehead atoms. The van der Waals surface area contributed by atoms with Gasteiger partial charge in [0.1, 0.15) is 5.65 Å². The van der Waals surface area contributed by atoms with Gasteiger partial charge in [-0.1, -0.05) is 6.07 Å². The Morgan fingerprint density at radius 2 is 2.26 bits per heavy atom. The van der Waals surface area contributed by atoms with Crippen molar-refractivity contribution in [1.82, 2.24) is 9.38 Å². The zero-order valence-electron chi connectivity index (χ0n) is 10.7. The molecule has 0 saturated carbocycles. The van der Waals surface area contributed by atoms with E-state index in [-0.39, 0.29) is 12.2 Å². The van der Waals surface area contributed by atoms with E-state index in [0.717, 1.165) is 5.56 Å². The highest BCUT2D eigenvalue weighted by Gasteiger charge is 2.12. The summed E-state index contributed by atoms with van der Waals surface area (Å²) in [5, 5.41) is 8.71. The average Bonchev–Trinajstić information content (AvgIpc) is 2.36. The van der Waals surface area contributed by atoms with Crippen LogP contribution in [0.15, 0.2) is 29.2 Å². The smallest absolute Gasteiger partial charge is 0.332 e. The molecular weight excluding hydrogens is 248 g/mol. The highest BCUT2D eigenvalue weighted by molar-refractivity contribution is 5.71. The summed E-state index contributed by atoms with van der Waals surface area (Å²) in [5.74, 6) is -1.05. The molecule has 6 heteroatoms. The Balaban J connectivity index is 2.29. The Bertz CT molecular complexity index is 678. The number of carboxylic acid groups (broad SMARTS) is 1. The molecule has 0 aliphatic carbocycles. The quantitative estimate of drug-likeness (QED) is 0.888. The summed E-state index contributed by atoms with van der Waals surface area (Å²) >= 11 is 0. The molecule has 0 aliphatic heterocycles. The van der Waals surface area contributed by atoms with Crippen LogP contribution in [-0.2, 0) is 16.1 Å². The fraction of sp³-hybridized carbons (Fsp3) is 0.308. The number of pyridine rings is 1. The Kier molecular flexibility index (Phi) is 3.62. The van der Waals surface area contributed by atoms with Gasteiger partial charge in [-0.15, -0.1) is 0 Å². The predicted molar refractivity (Wildman–Crippen MR) is 68.1 cm³/mol. The molecule has 19 heavy (non-hydrogen) atoms. The lowest BCUT2D eigenvalue weighted by molar-refractivity contribution is -0.149. The van der Waals surface area contributed by atoms with E-state index in [0.29, 0.717) is 11.3 Å². The molecule has 2 heterocycles. The largest absolute Gasteiger partial charge is 0.479 e. The lowest BCUT2D eigenvalue weighted by atomic mass is 10.3. The van der Waals surface area contributed by atoms with Gasteiger partial charge in [-0.05, 0) is 25.5 Å². The molecule has 2 aromatic rings. The van der Waals surface area contributed by atoms with Gasteiger partial charge in [0.25, 0.3) is 5.56 Å². The first kappa shape index (κ1) is 13.2. The second-order valence-corrected chi connectivity index (χ2v) is 4.31. The molecule has 0 aromatic carbocycles. The normalized spacial score (nSPS) is 12.5. The summed E-state index contributed by atoms with van der Waals surface area (Å²) in [6.45, 7) is 3.31. The van der Waals surface area contributed by atoms with Crippen LogP contribution in [0.25, 0.3) is 5.65 Å². The zero-order chi connectivity index (χ0) is 14.0. The third-order valence-electron chi connectivity index (χ3n) is 2.69. The zero-order valence-corrected chi connectivity index (χ0v) is 10.7. The van der Waals surface area contributed by atoms with Gasteiger partial charge >= 0.3 is 5.97 Å². The van der Waals surface area contributed by atoms with Crippen LogP contribution in [0, 0.1) is 6.92 Å². The SMILES string of the molecule is Cc1ccc2nc(CO[C@@H](C)C(=O)O)cc(=O)n2c1. The molecule has 100 valence electrons. The van der Waals surface area contributed by atoms with Gasteiger partial charge in [0.05, 0.1) is 12.3 Å². The monoisotopic (exact) mass is 262 g/mol. The van der Waals surface area contributed by atoms with E-state index in [1.54, 1.807) is 12.3 Å². The number of nitrogens with zero attached hydrogens (tertiary/aromatic N) is 2. The number of rotatable bonds is 4. The van der Waals surface area contributed by atoms with Crippen LogP contribution in [0.2, 0.25) is 0 Å². The van der Waals surface area contributed by atoms with Crippen LogP contribution in [-0.4, -0.2) is 26.6 Å². The molecule has 0 spiro atoms. The first-order valence-corrected chi connectivity index (χ1v) is 5.81. The topological polar surface area (TPSA) is 80.9 Å². The van der Waals surface area contributed by atoms with Crippen LogP contribution in [0.3, 0.4) is 0 Å². The lowest BCUT2D eigenvalue weighted by Gasteiger charge is -2.08. The standard InChI is InChI=1S/C13H14N2O4/c1-8-3-4-11-14-10(5-12(16)15(11)6-8)7-19-9(2)13(17)18/h3-6,9H,7H2,1-2H3,(H,17,18)/t9-/m0/s1.